The molecule has 3 heteroatoms. The van der Waals surface area contributed by atoms with E-state index in [-0.39, 0.29) is 0 Å². The first-order valence-corrected chi connectivity index (χ1v) is 5.31. The minimum Gasteiger partial charge on any atom is -0.481 e. The molecule has 0 bridgehead atoms. The fourth-order valence-corrected chi connectivity index (χ4v) is 2.17. The standard InChI is InChI=1S/C13H15NO2/c1-7-4-8(2)12-10(9(3)13(15)16)6-14-11(12)5-7/h4-6,9,14H,1-3H3,(H,15,16). The Morgan fingerprint density at radius 2 is 2.06 bits per heavy atom. The van der Waals surface area contributed by atoms with E-state index in [0.717, 1.165) is 22.0 Å². The van der Waals surface area contributed by atoms with Gasteiger partial charge in [0.25, 0.3) is 0 Å². The molecule has 2 rings (SSSR count). The van der Waals surface area contributed by atoms with E-state index < -0.39 is 11.9 Å². The second kappa shape index (κ2) is 3.67. The molecule has 0 spiro atoms. The smallest absolute Gasteiger partial charge is 0.310 e. The average molecular weight is 217 g/mol. The van der Waals surface area contributed by atoms with Crippen LogP contribution in [0.1, 0.15) is 29.5 Å². The Morgan fingerprint density at radius 3 is 2.69 bits per heavy atom. The van der Waals surface area contributed by atoms with Gasteiger partial charge in [-0.25, -0.2) is 0 Å². The monoisotopic (exact) mass is 217 g/mol. The van der Waals surface area contributed by atoms with Crippen LogP contribution in [0.5, 0.6) is 0 Å². The number of carboxylic acids is 1. The Balaban J connectivity index is 2.69. The highest BCUT2D eigenvalue weighted by Crippen LogP contribution is 2.29. The highest BCUT2D eigenvalue weighted by atomic mass is 16.4. The summed E-state index contributed by atoms with van der Waals surface area (Å²) in [5.41, 5.74) is 4.18. The number of carbonyl (C=O) groups is 1. The van der Waals surface area contributed by atoms with Gasteiger partial charge >= 0.3 is 5.97 Å². The molecule has 0 aliphatic carbocycles. The van der Waals surface area contributed by atoms with Gasteiger partial charge in [-0.3, -0.25) is 4.79 Å². The fourth-order valence-electron chi connectivity index (χ4n) is 2.17. The maximum Gasteiger partial charge on any atom is 0.310 e. The lowest BCUT2D eigenvalue weighted by Gasteiger charge is -2.07. The van der Waals surface area contributed by atoms with Gasteiger partial charge in [-0.15, -0.1) is 0 Å². The number of aryl methyl sites for hydroxylation is 2. The number of aromatic nitrogens is 1. The van der Waals surface area contributed by atoms with Crippen molar-refractivity contribution >= 4 is 16.9 Å². The van der Waals surface area contributed by atoms with Crippen LogP contribution in [0.2, 0.25) is 0 Å². The van der Waals surface area contributed by atoms with Crippen molar-refractivity contribution in [3.05, 3.63) is 35.0 Å². The lowest BCUT2D eigenvalue weighted by molar-refractivity contribution is -0.138. The second-order valence-corrected chi connectivity index (χ2v) is 4.31. The van der Waals surface area contributed by atoms with Gasteiger partial charge in [-0.1, -0.05) is 6.07 Å². The number of H-pyrrole nitrogens is 1. The molecule has 1 heterocycles. The Bertz CT molecular complexity index is 554. The largest absolute Gasteiger partial charge is 0.481 e. The Hall–Kier alpha value is -1.77. The van der Waals surface area contributed by atoms with E-state index in [4.69, 9.17) is 5.11 Å². The molecule has 84 valence electrons. The van der Waals surface area contributed by atoms with Crippen molar-refractivity contribution in [3.63, 3.8) is 0 Å². The van der Waals surface area contributed by atoms with Crippen molar-refractivity contribution in [1.29, 1.82) is 0 Å². The first kappa shape index (κ1) is 10.7. The predicted molar refractivity (Wildman–Crippen MR) is 63.8 cm³/mol. The highest BCUT2D eigenvalue weighted by Gasteiger charge is 2.18. The summed E-state index contributed by atoms with van der Waals surface area (Å²) >= 11 is 0. The number of nitrogens with one attached hydrogen (secondary N) is 1. The van der Waals surface area contributed by atoms with Gasteiger partial charge in [0, 0.05) is 17.1 Å². The summed E-state index contributed by atoms with van der Waals surface area (Å²) in [4.78, 5) is 14.1. The number of hydrogen-bond donors (Lipinski definition) is 2. The molecule has 0 saturated carbocycles. The van der Waals surface area contributed by atoms with E-state index in [9.17, 15) is 4.79 Å². The number of aromatic amines is 1. The topological polar surface area (TPSA) is 53.1 Å². The zero-order valence-corrected chi connectivity index (χ0v) is 9.66. The maximum atomic E-state index is 11.0. The first-order valence-electron chi connectivity index (χ1n) is 5.31. The van der Waals surface area contributed by atoms with E-state index in [1.807, 2.05) is 19.9 Å². The van der Waals surface area contributed by atoms with Crippen LogP contribution in [0, 0.1) is 13.8 Å². The summed E-state index contributed by atoms with van der Waals surface area (Å²) in [7, 11) is 0. The van der Waals surface area contributed by atoms with E-state index in [2.05, 4.69) is 11.1 Å². The number of carboxylic acid groups (broad SMARTS) is 1. The number of hydrogen-bond acceptors (Lipinski definition) is 1. The molecule has 0 saturated heterocycles. The molecule has 3 nitrogen and oxygen atoms in total. The molecule has 2 N–H and O–H groups in total. The van der Waals surface area contributed by atoms with Crippen molar-refractivity contribution in [2.45, 2.75) is 26.7 Å². The molecule has 1 aromatic carbocycles. The van der Waals surface area contributed by atoms with Gasteiger partial charge in [0.15, 0.2) is 0 Å². The molecule has 2 aromatic rings. The van der Waals surface area contributed by atoms with Gasteiger partial charge in [0.05, 0.1) is 5.92 Å². The summed E-state index contributed by atoms with van der Waals surface area (Å²) < 4.78 is 0. The summed E-state index contributed by atoms with van der Waals surface area (Å²) in [5, 5.41) is 10.1. The van der Waals surface area contributed by atoms with Crippen molar-refractivity contribution in [2.24, 2.45) is 0 Å². The fraction of sp³-hybridized carbons (Fsp3) is 0.308. The van der Waals surface area contributed by atoms with E-state index >= 15 is 0 Å². The molecule has 0 radical (unpaired) electrons. The van der Waals surface area contributed by atoms with Gasteiger partial charge < -0.3 is 10.1 Å². The predicted octanol–water partition coefficient (Wildman–Crippen LogP) is 2.97. The normalized spacial score (nSPS) is 12.9. The summed E-state index contributed by atoms with van der Waals surface area (Å²) in [6.45, 7) is 5.76. The number of rotatable bonds is 2. The second-order valence-electron chi connectivity index (χ2n) is 4.31. The summed E-state index contributed by atoms with van der Waals surface area (Å²) in [5.74, 6) is -1.27. The number of aliphatic carboxylic acids is 1. The minimum atomic E-state index is -0.791. The van der Waals surface area contributed by atoms with Gasteiger partial charge in [-0.05, 0) is 43.5 Å². The zero-order chi connectivity index (χ0) is 11.9. The molecule has 1 atom stereocenters. The van der Waals surface area contributed by atoms with E-state index in [1.54, 1.807) is 13.1 Å². The van der Waals surface area contributed by atoms with Crippen molar-refractivity contribution in [3.8, 4) is 0 Å². The third kappa shape index (κ3) is 1.58. The van der Waals surface area contributed by atoms with Crippen molar-refractivity contribution in [2.75, 3.05) is 0 Å². The summed E-state index contributed by atoms with van der Waals surface area (Å²) in [6.07, 6.45) is 1.80. The molecule has 0 aliphatic rings. The van der Waals surface area contributed by atoms with Crippen LogP contribution >= 0.6 is 0 Å². The lowest BCUT2D eigenvalue weighted by atomic mass is 9.97. The van der Waals surface area contributed by atoms with Crippen LogP contribution < -0.4 is 0 Å². The lowest BCUT2D eigenvalue weighted by Crippen LogP contribution is -2.06. The van der Waals surface area contributed by atoms with Crippen LogP contribution in [0.4, 0.5) is 0 Å². The molecule has 0 amide bonds. The van der Waals surface area contributed by atoms with E-state index in [1.165, 1.54) is 5.56 Å². The van der Waals surface area contributed by atoms with Crippen LogP contribution in [0.25, 0.3) is 10.9 Å². The Labute approximate surface area is 94.1 Å². The minimum absolute atomic E-state index is 0.477. The van der Waals surface area contributed by atoms with Gasteiger partial charge in [0.2, 0.25) is 0 Å². The Kier molecular flexibility index (Phi) is 2.46. The SMILES string of the molecule is Cc1cc(C)c2c(C(C)C(=O)O)c[nH]c2c1. The zero-order valence-electron chi connectivity index (χ0n) is 9.66. The molecule has 0 aliphatic heterocycles. The quantitative estimate of drug-likeness (QED) is 0.812. The summed E-state index contributed by atoms with van der Waals surface area (Å²) in [6, 6.07) is 4.12. The van der Waals surface area contributed by atoms with Crippen molar-refractivity contribution in [1.82, 2.24) is 4.98 Å². The van der Waals surface area contributed by atoms with Gasteiger partial charge in [0.1, 0.15) is 0 Å². The van der Waals surface area contributed by atoms with Crippen LogP contribution in [0.3, 0.4) is 0 Å². The van der Waals surface area contributed by atoms with Crippen molar-refractivity contribution < 1.29 is 9.90 Å². The molecular weight excluding hydrogens is 202 g/mol. The molecule has 16 heavy (non-hydrogen) atoms. The first-order chi connectivity index (χ1) is 7.50. The molecule has 1 unspecified atom stereocenters. The average Bonchev–Trinajstić information content (AvgIpc) is 2.59. The van der Waals surface area contributed by atoms with Crippen LogP contribution in [0.15, 0.2) is 18.3 Å². The molecular formula is C13H15NO2. The third-order valence-electron chi connectivity index (χ3n) is 2.99. The van der Waals surface area contributed by atoms with E-state index in [0.29, 0.717) is 0 Å². The molecule has 1 aromatic heterocycles. The number of fused-ring (bicyclic) bond motifs is 1. The van der Waals surface area contributed by atoms with Gasteiger partial charge in [-0.2, -0.15) is 0 Å². The van der Waals surface area contributed by atoms with Crippen LogP contribution in [-0.4, -0.2) is 16.1 Å². The number of benzene rings is 1. The van der Waals surface area contributed by atoms with Crippen LogP contribution in [-0.2, 0) is 4.79 Å². The third-order valence-corrected chi connectivity index (χ3v) is 2.99. The molecule has 0 fully saturated rings. The highest BCUT2D eigenvalue weighted by molar-refractivity contribution is 5.91. The Morgan fingerprint density at radius 1 is 1.38 bits per heavy atom. The maximum absolute atomic E-state index is 11.0.